The lowest BCUT2D eigenvalue weighted by Gasteiger charge is -2.39. The normalized spacial score (nSPS) is 23.0. The molecule has 0 bridgehead atoms. The van der Waals surface area contributed by atoms with Gasteiger partial charge in [0.05, 0.1) is 16.5 Å². The molecule has 2 aliphatic rings. The first-order chi connectivity index (χ1) is 16.0. The molecule has 0 saturated carbocycles. The Bertz CT molecular complexity index is 1360. The highest BCUT2D eigenvalue weighted by Crippen LogP contribution is 2.53. The summed E-state index contributed by atoms with van der Waals surface area (Å²) in [6.07, 6.45) is 0.800. The first-order valence-electron chi connectivity index (χ1n) is 11.9. The Morgan fingerprint density at radius 1 is 0.909 bits per heavy atom. The van der Waals surface area contributed by atoms with E-state index < -0.39 is 11.1 Å². The number of hydrogen-bond donors (Lipinski definition) is 0. The lowest BCUT2D eigenvalue weighted by molar-refractivity contribution is 0.0279. The molecule has 0 N–H and O–H groups in total. The molecule has 2 aliphatic heterocycles. The van der Waals surface area contributed by atoms with Crippen LogP contribution in [-0.4, -0.2) is 24.6 Å². The second kappa shape index (κ2) is 7.87. The first kappa shape index (κ1) is 21.4. The number of fused-ring (bicyclic) bond motifs is 2. The molecule has 2 unspecified atom stereocenters. The molecule has 0 radical (unpaired) electrons. The van der Waals surface area contributed by atoms with Crippen LogP contribution in [0.15, 0.2) is 77.8 Å². The van der Waals surface area contributed by atoms with E-state index in [4.69, 9.17) is 9.73 Å². The number of anilines is 1. The maximum Gasteiger partial charge on any atom is 0.340 e. The summed E-state index contributed by atoms with van der Waals surface area (Å²) in [4.78, 5) is 20.7. The lowest BCUT2D eigenvalue weighted by atomic mass is 9.71. The average molecular weight is 439 g/mol. The van der Waals surface area contributed by atoms with Crippen LogP contribution in [-0.2, 0) is 10.3 Å². The molecule has 0 fully saturated rings. The maximum atomic E-state index is 13.3. The zero-order chi connectivity index (χ0) is 23.2. The van der Waals surface area contributed by atoms with E-state index in [2.05, 4.69) is 69.0 Å². The van der Waals surface area contributed by atoms with Crippen molar-refractivity contribution in [3.05, 3.63) is 100 Å². The van der Waals surface area contributed by atoms with Gasteiger partial charge in [-0.05, 0) is 51.5 Å². The van der Waals surface area contributed by atoms with E-state index in [0.717, 1.165) is 52.5 Å². The number of carbonyl (C=O) groups is 1. The van der Waals surface area contributed by atoms with Crippen LogP contribution in [0.3, 0.4) is 0 Å². The molecular formula is C29H30N2O2. The molecule has 3 aromatic carbocycles. The van der Waals surface area contributed by atoms with Crippen LogP contribution < -0.4 is 15.5 Å². The minimum atomic E-state index is -1.03. The quantitative estimate of drug-likeness (QED) is 0.528. The zero-order valence-corrected chi connectivity index (χ0v) is 19.8. The van der Waals surface area contributed by atoms with Crippen molar-refractivity contribution in [1.82, 2.24) is 0 Å². The van der Waals surface area contributed by atoms with E-state index in [1.54, 1.807) is 0 Å². The number of benzene rings is 3. The minimum Gasteiger partial charge on any atom is -0.441 e. The van der Waals surface area contributed by atoms with Gasteiger partial charge in [-0.15, -0.1) is 0 Å². The molecule has 2 heterocycles. The monoisotopic (exact) mass is 438 g/mol. The fourth-order valence-corrected chi connectivity index (χ4v) is 5.49. The number of esters is 1. The third-order valence-electron chi connectivity index (χ3n) is 7.27. The summed E-state index contributed by atoms with van der Waals surface area (Å²) in [5.41, 5.74) is 3.13. The standard InChI is InChI=1S/C29H30N2O2/c1-5-28(4)26(23-16-9-11-18-25(23)30-28)29(24-17-10-8-15-22(24)27(32)33-29)20-13-12-14-21(19-20)31(6-2)7-3/h8-19H,5-7H2,1-4H3. The third-order valence-corrected chi connectivity index (χ3v) is 7.27. The minimum absolute atomic E-state index is 0.283. The van der Waals surface area contributed by atoms with Gasteiger partial charge in [0.2, 0.25) is 0 Å². The molecule has 0 aromatic heterocycles. The number of ether oxygens (including phenoxy) is 1. The molecule has 4 heteroatoms. The SMILES string of the molecule is CCN(CC)c1cccc(C2(C3=c4ccccc4=NC3(C)CC)OC(=O)c3ccccc32)c1. The Morgan fingerprint density at radius 2 is 1.64 bits per heavy atom. The zero-order valence-electron chi connectivity index (χ0n) is 19.8. The lowest BCUT2D eigenvalue weighted by Crippen LogP contribution is -2.42. The van der Waals surface area contributed by atoms with Crippen LogP contribution in [0.5, 0.6) is 0 Å². The van der Waals surface area contributed by atoms with Gasteiger partial charge in [-0.3, -0.25) is 4.99 Å². The molecule has 168 valence electrons. The van der Waals surface area contributed by atoms with Crippen LogP contribution in [0.4, 0.5) is 5.69 Å². The number of rotatable bonds is 6. The number of nitrogens with zero attached hydrogens (tertiary/aromatic N) is 2. The Labute approximate surface area is 195 Å². The predicted molar refractivity (Wildman–Crippen MR) is 132 cm³/mol. The van der Waals surface area contributed by atoms with Crippen molar-refractivity contribution in [2.75, 3.05) is 18.0 Å². The van der Waals surface area contributed by atoms with E-state index >= 15 is 0 Å². The smallest absolute Gasteiger partial charge is 0.340 e. The Morgan fingerprint density at radius 3 is 2.39 bits per heavy atom. The summed E-state index contributed by atoms with van der Waals surface area (Å²) in [5, 5.41) is 2.01. The molecule has 2 atom stereocenters. The van der Waals surface area contributed by atoms with Crippen LogP contribution in [0, 0.1) is 0 Å². The van der Waals surface area contributed by atoms with Crippen molar-refractivity contribution in [1.29, 1.82) is 0 Å². The van der Waals surface area contributed by atoms with Crippen LogP contribution in [0.25, 0.3) is 5.57 Å². The summed E-state index contributed by atoms with van der Waals surface area (Å²) < 4.78 is 6.49. The Kier molecular flexibility index (Phi) is 5.12. The van der Waals surface area contributed by atoms with Gasteiger partial charge in [0.25, 0.3) is 0 Å². The molecule has 0 spiro atoms. The summed E-state index contributed by atoms with van der Waals surface area (Å²) >= 11 is 0. The fraction of sp³-hybridized carbons (Fsp3) is 0.310. The van der Waals surface area contributed by atoms with Crippen LogP contribution in [0.2, 0.25) is 0 Å². The van der Waals surface area contributed by atoms with Gasteiger partial charge in [0, 0.05) is 40.7 Å². The highest BCUT2D eigenvalue weighted by Gasteiger charge is 2.55. The number of para-hydroxylation sites is 1. The molecule has 5 rings (SSSR count). The summed E-state index contributed by atoms with van der Waals surface area (Å²) in [6.45, 7) is 10.4. The number of cyclic esters (lactones) is 1. The molecule has 3 aromatic rings. The van der Waals surface area contributed by atoms with Gasteiger partial charge in [0.1, 0.15) is 0 Å². The van der Waals surface area contributed by atoms with E-state index in [1.165, 1.54) is 0 Å². The van der Waals surface area contributed by atoms with Crippen LogP contribution in [0.1, 0.15) is 55.6 Å². The average Bonchev–Trinajstić information content (AvgIpc) is 3.32. The fourth-order valence-electron chi connectivity index (χ4n) is 5.49. The van der Waals surface area contributed by atoms with Crippen molar-refractivity contribution >= 4 is 17.2 Å². The van der Waals surface area contributed by atoms with Gasteiger partial charge in [-0.2, -0.15) is 0 Å². The summed E-state index contributed by atoms with van der Waals surface area (Å²) in [7, 11) is 0. The summed E-state index contributed by atoms with van der Waals surface area (Å²) in [6, 6.07) is 24.5. The van der Waals surface area contributed by atoms with Crippen molar-refractivity contribution in [2.45, 2.75) is 45.3 Å². The van der Waals surface area contributed by atoms with Crippen LogP contribution >= 0.6 is 0 Å². The van der Waals surface area contributed by atoms with Crippen molar-refractivity contribution in [3.63, 3.8) is 0 Å². The second-order valence-corrected chi connectivity index (χ2v) is 8.97. The predicted octanol–water partition coefficient (Wildman–Crippen LogP) is 4.60. The Balaban J connectivity index is 1.90. The van der Waals surface area contributed by atoms with E-state index in [9.17, 15) is 4.79 Å². The molecular weight excluding hydrogens is 408 g/mol. The molecule has 4 nitrogen and oxygen atoms in total. The van der Waals surface area contributed by atoms with E-state index in [1.807, 2.05) is 36.4 Å². The van der Waals surface area contributed by atoms with Crippen molar-refractivity contribution in [3.8, 4) is 0 Å². The summed E-state index contributed by atoms with van der Waals surface area (Å²) in [5.74, 6) is -0.283. The van der Waals surface area contributed by atoms with E-state index in [0.29, 0.717) is 5.56 Å². The topological polar surface area (TPSA) is 41.9 Å². The largest absolute Gasteiger partial charge is 0.441 e. The highest BCUT2D eigenvalue weighted by atomic mass is 16.6. The van der Waals surface area contributed by atoms with Gasteiger partial charge in [0.15, 0.2) is 5.60 Å². The van der Waals surface area contributed by atoms with Crippen molar-refractivity contribution in [2.24, 2.45) is 4.99 Å². The van der Waals surface area contributed by atoms with Gasteiger partial charge < -0.3 is 9.64 Å². The highest BCUT2D eigenvalue weighted by molar-refractivity contribution is 5.99. The van der Waals surface area contributed by atoms with Gasteiger partial charge in [-0.1, -0.05) is 55.5 Å². The number of hydrogen-bond acceptors (Lipinski definition) is 4. The molecule has 0 aliphatic carbocycles. The maximum absolute atomic E-state index is 13.3. The van der Waals surface area contributed by atoms with Crippen molar-refractivity contribution < 1.29 is 9.53 Å². The van der Waals surface area contributed by atoms with E-state index in [-0.39, 0.29) is 5.97 Å². The van der Waals surface area contributed by atoms with Gasteiger partial charge >= 0.3 is 5.97 Å². The first-order valence-corrected chi connectivity index (χ1v) is 11.9. The third kappa shape index (κ3) is 3.04. The Hall–Kier alpha value is -3.40. The molecule has 33 heavy (non-hydrogen) atoms. The molecule has 0 amide bonds. The second-order valence-electron chi connectivity index (χ2n) is 8.97. The molecule has 0 saturated heterocycles. The van der Waals surface area contributed by atoms with Gasteiger partial charge in [-0.25, -0.2) is 4.79 Å². The number of carbonyl (C=O) groups excluding carboxylic acids is 1.